The van der Waals surface area contributed by atoms with E-state index in [1.54, 1.807) is 0 Å². The monoisotopic (exact) mass is 174 g/mol. The zero-order chi connectivity index (χ0) is 9.72. The van der Waals surface area contributed by atoms with E-state index in [-0.39, 0.29) is 12.2 Å². The number of aliphatic hydroxyl groups is 2. The van der Waals surface area contributed by atoms with Crippen LogP contribution in [-0.4, -0.2) is 22.4 Å². The Labute approximate surface area is 75.6 Å². The van der Waals surface area contributed by atoms with Crippen molar-refractivity contribution in [3.05, 3.63) is 0 Å². The average Bonchev–Trinajstić information content (AvgIpc) is 2.04. The van der Waals surface area contributed by atoms with Crippen molar-refractivity contribution in [2.24, 2.45) is 11.8 Å². The molecule has 1 aliphatic rings. The second-order valence-corrected chi connectivity index (χ2v) is 3.53. The van der Waals surface area contributed by atoms with Crippen LogP contribution < -0.4 is 0 Å². The average molecular weight is 174 g/mol. The summed E-state index contributed by atoms with van der Waals surface area (Å²) in [7, 11) is 0. The van der Waals surface area contributed by atoms with Gasteiger partial charge in [0.1, 0.15) is 0 Å². The minimum Gasteiger partial charge on any atom is -0.393 e. The predicted molar refractivity (Wildman–Crippen MR) is 50.9 cm³/mol. The SMILES string of the molecule is CC.CC1CC(O)CC(O)C1C. The van der Waals surface area contributed by atoms with Crippen LogP contribution in [0, 0.1) is 11.8 Å². The van der Waals surface area contributed by atoms with Gasteiger partial charge in [-0.05, 0) is 24.7 Å². The third-order valence-corrected chi connectivity index (χ3v) is 2.66. The molecule has 0 aliphatic heterocycles. The van der Waals surface area contributed by atoms with Crippen molar-refractivity contribution >= 4 is 0 Å². The highest BCUT2D eigenvalue weighted by atomic mass is 16.3. The number of hydrogen-bond donors (Lipinski definition) is 2. The molecule has 0 aromatic heterocycles. The van der Waals surface area contributed by atoms with Crippen LogP contribution in [0.4, 0.5) is 0 Å². The van der Waals surface area contributed by atoms with Crippen LogP contribution in [0.15, 0.2) is 0 Å². The fourth-order valence-corrected chi connectivity index (χ4v) is 1.61. The Morgan fingerprint density at radius 3 is 1.92 bits per heavy atom. The summed E-state index contributed by atoms with van der Waals surface area (Å²) in [5.74, 6) is 0.808. The maximum Gasteiger partial charge on any atom is 0.0592 e. The van der Waals surface area contributed by atoms with Gasteiger partial charge in [-0.25, -0.2) is 0 Å². The molecule has 1 aliphatic carbocycles. The molecule has 4 atom stereocenters. The second-order valence-electron chi connectivity index (χ2n) is 3.53. The van der Waals surface area contributed by atoms with Crippen molar-refractivity contribution in [1.29, 1.82) is 0 Å². The highest BCUT2D eigenvalue weighted by molar-refractivity contribution is 4.80. The van der Waals surface area contributed by atoms with Gasteiger partial charge >= 0.3 is 0 Å². The van der Waals surface area contributed by atoms with Crippen molar-refractivity contribution in [3.63, 3.8) is 0 Å². The molecule has 0 amide bonds. The molecule has 0 saturated heterocycles. The topological polar surface area (TPSA) is 40.5 Å². The maximum atomic E-state index is 9.36. The lowest BCUT2D eigenvalue weighted by Crippen LogP contribution is -2.35. The lowest BCUT2D eigenvalue weighted by molar-refractivity contribution is -0.0200. The summed E-state index contributed by atoms with van der Waals surface area (Å²) in [6, 6.07) is 0. The number of aliphatic hydroxyl groups excluding tert-OH is 2. The Hall–Kier alpha value is -0.0800. The summed E-state index contributed by atoms with van der Waals surface area (Å²) >= 11 is 0. The predicted octanol–water partition coefficient (Wildman–Crippen LogP) is 1.80. The lowest BCUT2D eigenvalue weighted by Gasteiger charge is -2.33. The van der Waals surface area contributed by atoms with Gasteiger partial charge < -0.3 is 10.2 Å². The van der Waals surface area contributed by atoms with Crippen molar-refractivity contribution in [2.45, 2.75) is 52.7 Å². The standard InChI is InChI=1S/C8H16O2.C2H6/c1-5-3-7(9)4-8(10)6(5)2;1-2/h5-10H,3-4H2,1-2H3;1-2H3. The maximum absolute atomic E-state index is 9.36. The fourth-order valence-electron chi connectivity index (χ4n) is 1.61. The summed E-state index contributed by atoms with van der Waals surface area (Å²) in [6.45, 7) is 8.12. The molecule has 1 fully saturated rings. The third-order valence-electron chi connectivity index (χ3n) is 2.66. The summed E-state index contributed by atoms with van der Waals surface area (Å²) in [5.41, 5.74) is 0. The Morgan fingerprint density at radius 1 is 1.00 bits per heavy atom. The van der Waals surface area contributed by atoms with E-state index < -0.39 is 0 Å². The molecule has 0 aromatic carbocycles. The van der Waals surface area contributed by atoms with E-state index >= 15 is 0 Å². The quantitative estimate of drug-likeness (QED) is 0.588. The van der Waals surface area contributed by atoms with E-state index in [2.05, 4.69) is 6.92 Å². The first-order valence-electron chi connectivity index (χ1n) is 4.97. The molecular formula is C10H22O2. The van der Waals surface area contributed by atoms with Crippen molar-refractivity contribution in [1.82, 2.24) is 0 Å². The van der Waals surface area contributed by atoms with Gasteiger partial charge in [0.15, 0.2) is 0 Å². The van der Waals surface area contributed by atoms with Gasteiger partial charge in [0.2, 0.25) is 0 Å². The zero-order valence-corrected chi connectivity index (χ0v) is 8.62. The van der Waals surface area contributed by atoms with Gasteiger partial charge in [-0.3, -0.25) is 0 Å². The van der Waals surface area contributed by atoms with E-state index in [0.717, 1.165) is 6.42 Å². The molecule has 2 nitrogen and oxygen atoms in total. The highest BCUT2D eigenvalue weighted by Gasteiger charge is 2.30. The first-order valence-corrected chi connectivity index (χ1v) is 4.97. The van der Waals surface area contributed by atoms with Crippen LogP contribution >= 0.6 is 0 Å². The molecule has 1 saturated carbocycles. The van der Waals surface area contributed by atoms with Gasteiger partial charge in [-0.15, -0.1) is 0 Å². The van der Waals surface area contributed by atoms with E-state index in [9.17, 15) is 10.2 Å². The van der Waals surface area contributed by atoms with E-state index in [1.807, 2.05) is 20.8 Å². The Bertz CT molecular complexity index is 102. The molecule has 74 valence electrons. The molecule has 0 bridgehead atoms. The van der Waals surface area contributed by atoms with Gasteiger partial charge in [0.25, 0.3) is 0 Å². The van der Waals surface area contributed by atoms with Gasteiger partial charge in [0, 0.05) is 0 Å². The summed E-state index contributed by atoms with van der Waals surface area (Å²) in [4.78, 5) is 0. The first kappa shape index (κ1) is 11.9. The summed E-state index contributed by atoms with van der Waals surface area (Å²) in [6.07, 6.45) is 0.837. The van der Waals surface area contributed by atoms with Gasteiger partial charge in [0.05, 0.1) is 12.2 Å². The first-order chi connectivity index (χ1) is 5.61. The van der Waals surface area contributed by atoms with Crippen molar-refractivity contribution in [3.8, 4) is 0 Å². The molecule has 2 N–H and O–H groups in total. The van der Waals surface area contributed by atoms with Crippen LogP contribution in [0.2, 0.25) is 0 Å². The second kappa shape index (κ2) is 5.55. The Kier molecular flexibility index (Phi) is 5.51. The molecule has 2 heteroatoms. The van der Waals surface area contributed by atoms with Crippen LogP contribution in [0.1, 0.15) is 40.5 Å². The van der Waals surface area contributed by atoms with Crippen molar-refractivity contribution in [2.75, 3.05) is 0 Å². The van der Waals surface area contributed by atoms with E-state index in [4.69, 9.17) is 0 Å². The molecule has 0 spiro atoms. The van der Waals surface area contributed by atoms with E-state index in [1.165, 1.54) is 0 Å². The van der Waals surface area contributed by atoms with E-state index in [0.29, 0.717) is 18.3 Å². The van der Waals surface area contributed by atoms with Crippen LogP contribution in [-0.2, 0) is 0 Å². The largest absolute Gasteiger partial charge is 0.393 e. The molecule has 4 unspecified atom stereocenters. The number of rotatable bonds is 0. The fraction of sp³-hybridized carbons (Fsp3) is 1.00. The van der Waals surface area contributed by atoms with Crippen LogP contribution in [0.3, 0.4) is 0 Å². The minimum absolute atomic E-state index is 0.277. The van der Waals surface area contributed by atoms with Gasteiger partial charge in [-0.2, -0.15) is 0 Å². The normalized spacial score (nSPS) is 41.5. The zero-order valence-electron chi connectivity index (χ0n) is 8.62. The lowest BCUT2D eigenvalue weighted by atomic mass is 9.78. The van der Waals surface area contributed by atoms with Gasteiger partial charge in [-0.1, -0.05) is 27.7 Å². The molecule has 1 rings (SSSR count). The summed E-state index contributed by atoms with van der Waals surface area (Å²) < 4.78 is 0. The Morgan fingerprint density at radius 2 is 1.50 bits per heavy atom. The van der Waals surface area contributed by atoms with Crippen molar-refractivity contribution < 1.29 is 10.2 Å². The highest BCUT2D eigenvalue weighted by Crippen LogP contribution is 2.29. The molecular weight excluding hydrogens is 152 g/mol. The Balaban J connectivity index is 0.000000561. The molecule has 0 aromatic rings. The third kappa shape index (κ3) is 3.11. The molecule has 0 radical (unpaired) electrons. The minimum atomic E-state index is -0.293. The molecule has 0 heterocycles. The van der Waals surface area contributed by atoms with Crippen LogP contribution in [0.25, 0.3) is 0 Å². The number of hydrogen-bond acceptors (Lipinski definition) is 2. The van der Waals surface area contributed by atoms with Crippen LogP contribution in [0.5, 0.6) is 0 Å². The molecule has 12 heavy (non-hydrogen) atoms. The summed E-state index contributed by atoms with van der Waals surface area (Å²) in [5, 5.41) is 18.6. The smallest absolute Gasteiger partial charge is 0.0592 e.